The van der Waals surface area contributed by atoms with Gasteiger partial charge in [-0.25, -0.2) is 4.79 Å². The van der Waals surface area contributed by atoms with Crippen LogP contribution in [0.25, 0.3) is 0 Å². The third-order valence-electron chi connectivity index (χ3n) is 0.664. The third-order valence-corrected chi connectivity index (χ3v) is 0.664. The lowest BCUT2D eigenvalue weighted by Crippen LogP contribution is -2.31. The lowest BCUT2D eigenvalue weighted by molar-refractivity contribution is -0.116. The second kappa shape index (κ2) is 3.85. The van der Waals surface area contributed by atoms with E-state index < -0.39 is 6.09 Å². The summed E-state index contributed by atoms with van der Waals surface area (Å²) in [7, 11) is 0. The number of carboxylic acid groups (broad SMARTS) is 1. The molecular weight excluding hydrogens is 124 g/mol. The molecule has 0 aliphatic carbocycles. The Morgan fingerprint density at radius 1 is 1.56 bits per heavy atom. The number of nitrogens with two attached hydrogens (primary N) is 1. The monoisotopic (exact) mass is 132 g/mol. The molecule has 52 valence electrons. The molecule has 0 radical (unpaired) electrons. The van der Waals surface area contributed by atoms with Crippen molar-refractivity contribution in [2.75, 3.05) is 13.1 Å². The van der Waals surface area contributed by atoms with Gasteiger partial charge in [-0.05, 0) is 0 Å². The van der Waals surface area contributed by atoms with Gasteiger partial charge in [0.1, 0.15) is 0 Å². The van der Waals surface area contributed by atoms with E-state index in [1.807, 2.05) is 5.32 Å². The van der Waals surface area contributed by atoms with E-state index in [1.165, 1.54) is 0 Å². The van der Waals surface area contributed by atoms with Gasteiger partial charge in [0.2, 0.25) is 0 Å². The fourth-order valence-electron chi connectivity index (χ4n) is 0.246. The Kier molecular flexibility index (Phi) is 3.38. The molecular formula is C4H8N2O3. The van der Waals surface area contributed by atoms with Crippen molar-refractivity contribution in [1.82, 2.24) is 5.32 Å². The van der Waals surface area contributed by atoms with Gasteiger partial charge in [-0.2, -0.15) is 0 Å². The maximum atomic E-state index is 10.3. The van der Waals surface area contributed by atoms with Crippen LogP contribution in [0.4, 0.5) is 4.79 Å². The van der Waals surface area contributed by atoms with Crippen molar-refractivity contribution in [2.24, 2.45) is 5.73 Å². The molecule has 0 bridgehead atoms. The van der Waals surface area contributed by atoms with E-state index in [4.69, 9.17) is 10.8 Å². The fraction of sp³-hybridized carbons (Fsp3) is 0.500. The van der Waals surface area contributed by atoms with Gasteiger partial charge in [-0.3, -0.25) is 4.79 Å². The Hall–Kier alpha value is -1.10. The normalized spacial score (nSPS) is 8.56. The number of carbonyl (C=O) groups is 2. The Bertz CT molecular complexity index is 123. The van der Waals surface area contributed by atoms with E-state index in [2.05, 4.69) is 0 Å². The third kappa shape index (κ3) is 4.76. The summed E-state index contributed by atoms with van der Waals surface area (Å²) >= 11 is 0. The van der Waals surface area contributed by atoms with Crippen molar-refractivity contribution < 1.29 is 14.7 Å². The number of hydrogen-bond acceptors (Lipinski definition) is 3. The minimum atomic E-state index is -1.21. The minimum absolute atomic E-state index is 0.125. The molecule has 4 N–H and O–H groups in total. The van der Waals surface area contributed by atoms with Crippen LogP contribution in [0.3, 0.4) is 0 Å². The maximum absolute atomic E-state index is 10.3. The van der Waals surface area contributed by atoms with Crippen LogP contribution in [-0.2, 0) is 4.79 Å². The summed E-state index contributed by atoms with van der Waals surface area (Å²) in [5, 5.41) is 9.84. The van der Waals surface area contributed by atoms with Crippen LogP contribution >= 0.6 is 0 Å². The van der Waals surface area contributed by atoms with Crippen molar-refractivity contribution in [3.8, 4) is 0 Å². The van der Waals surface area contributed by atoms with Crippen LogP contribution in [0.15, 0.2) is 0 Å². The van der Waals surface area contributed by atoms with Crippen LogP contribution in [0.1, 0.15) is 0 Å². The minimum Gasteiger partial charge on any atom is -0.465 e. The molecule has 0 aromatic carbocycles. The molecule has 9 heavy (non-hydrogen) atoms. The van der Waals surface area contributed by atoms with Gasteiger partial charge in [0.25, 0.3) is 0 Å². The molecule has 0 saturated heterocycles. The van der Waals surface area contributed by atoms with Crippen molar-refractivity contribution in [1.29, 1.82) is 0 Å². The van der Waals surface area contributed by atoms with Gasteiger partial charge >= 0.3 is 6.09 Å². The Morgan fingerprint density at radius 3 is 2.44 bits per heavy atom. The number of ketones is 1. The molecule has 0 saturated carbocycles. The predicted octanol–water partition coefficient (Wildman–Crippen LogP) is -1.22. The molecule has 0 unspecified atom stereocenters. The molecule has 0 aliphatic rings. The number of Topliss-reactive ketones (excluding diaryl/α,β-unsaturated/α-hetero) is 1. The highest BCUT2D eigenvalue weighted by atomic mass is 16.4. The standard InChI is InChI=1S/C4H8N2O3/c5-1-3(7)2-6-4(8)9/h6H,1-2,5H2,(H,8,9). The molecule has 0 aliphatic heterocycles. The van der Waals surface area contributed by atoms with E-state index in [-0.39, 0.29) is 18.9 Å². The lowest BCUT2D eigenvalue weighted by Gasteiger charge is -1.94. The fourth-order valence-corrected chi connectivity index (χ4v) is 0.246. The summed E-state index contributed by atoms with van der Waals surface area (Å²) in [6, 6.07) is 0. The first kappa shape index (κ1) is 7.90. The molecule has 0 spiro atoms. The van der Waals surface area contributed by atoms with Gasteiger partial charge in [0.05, 0.1) is 13.1 Å². The SMILES string of the molecule is NCC(=O)CNC(=O)O. The topological polar surface area (TPSA) is 92.4 Å². The molecule has 5 nitrogen and oxygen atoms in total. The van der Waals surface area contributed by atoms with Gasteiger partial charge in [-0.1, -0.05) is 0 Å². The average Bonchev–Trinajstić information content (AvgIpc) is 1.83. The highest BCUT2D eigenvalue weighted by Gasteiger charge is 1.98. The van der Waals surface area contributed by atoms with E-state index >= 15 is 0 Å². The summed E-state index contributed by atoms with van der Waals surface area (Å²) in [5.74, 6) is -0.322. The molecule has 0 aromatic heterocycles. The zero-order valence-electron chi connectivity index (χ0n) is 4.76. The quantitative estimate of drug-likeness (QED) is 0.449. The highest BCUT2D eigenvalue weighted by Crippen LogP contribution is 1.64. The summed E-state index contributed by atoms with van der Waals surface area (Å²) < 4.78 is 0. The number of amides is 1. The largest absolute Gasteiger partial charge is 0.465 e. The summed E-state index contributed by atoms with van der Waals surface area (Å²) in [6.45, 7) is -0.327. The summed E-state index contributed by atoms with van der Waals surface area (Å²) in [4.78, 5) is 20.0. The molecule has 0 heterocycles. The van der Waals surface area contributed by atoms with Gasteiger partial charge < -0.3 is 16.2 Å². The molecule has 0 fully saturated rings. The van der Waals surface area contributed by atoms with Crippen LogP contribution in [-0.4, -0.2) is 30.1 Å². The van der Waals surface area contributed by atoms with Crippen LogP contribution in [0, 0.1) is 0 Å². The molecule has 0 rings (SSSR count). The first-order chi connectivity index (χ1) is 4.16. The van der Waals surface area contributed by atoms with Crippen molar-refractivity contribution in [2.45, 2.75) is 0 Å². The van der Waals surface area contributed by atoms with E-state index in [0.717, 1.165) is 0 Å². The van der Waals surface area contributed by atoms with Crippen LogP contribution in [0.5, 0.6) is 0 Å². The number of hydrogen-bond donors (Lipinski definition) is 3. The smallest absolute Gasteiger partial charge is 0.405 e. The van der Waals surface area contributed by atoms with E-state index in [1.54, 1.807) is 0 Å². The van der Waals surface area contributed by atoms with Crippen LogP contribution in [0.2, 0.25) is 0 Å². The maximum Gasteiger partial charge on any atom is 0.405 e. The summed E-state index contributed by atoms with van der Waals surface area (Å²) in [6.07, 6.45) is -1.21. The average molecular weight is 132 g/mol. The second-order valence-corrected chi connectivity index (χ2v) is 1.40. The summed E-state index contributed by atoms with van der Waals surface area (Å²) in [5.41, 5.74) is 4.88. The Balaban J connectivity index is 3.28. The van der Waals surface area contributed by atoms with Gasteiger partial charge in [0.15, 0.2) is 5.78 Å². The zero-order valence-corrected chi connectivity index (χ0v) is 4.76. The Labute approximate surface area is 51.8 Å². The number of carbonyl (C=O) groups excluding carboxylic acids is 1. The predicted molar refractivity (Wildman–Crippen MR) is 30.1 cm³/mol. The molecule has 0 aromatic rings. The van der Waals surface area contributed by atoms with Crippen LogP contribution < -0.4 is 11.1 Å². The number of nitrogens with one attached hydrogen (secondary N) is 1. The first-order valence-electron chi connectivity index (χ1n) is 2.35. The van der Waals surface area contributed by atoms with Crippen molar-refractivity contribution in [3.63, 3.8) is 0 Å². The van der Waals surface area contributed by atoms with Gasteiger partial charge in [-0.15, -0.1) is 0 Å². The lowest BCUT2D eigenvalue weighted by atomic mass is 10.4. The highest BCUT2D eigenvalue weighted by molar-refractivity contribution is 5.84. The van der Waals surface area contributed by atoms with Crippen molar-refractivity contribution in [3.05, 3.63) is 0 Å². The number of rotatable bonds is 3. The molecule has 5 heteroatoms. The van der Waals surface area contributed by atoms with Crippen molar-refractivity contribution >= 4 is 11.9 Å². The van der Waals surface area contributed by atoms with E-state index in [9.17, 15) is 9.59 Å². The first-order valence-corrected chi connectivity index (χ1v) is 2.35. The molecule has 0 atom stereocenters. The Morgan fingerprint density at radius 2 is 2.11 bits per heavy atom. The zero-order chi connectivity index (χ0) is 7.28. The molecule has 1 amide bonds. The van der Waals surface area contributed by atoms with Gasteiger partial charge in [0, 0.05) is 0 Å². The van der Waals surface area contributed by atoms with E-state index in [0.29, 0.717) is 0 Å². The second-order valence-electron chi connectivity index (χ2n) is 1.40.